The molecule has 5 nitrogen and oxygen atoms in total. The predicted molar refractivity (Wildman–Crippen MR) is 71.2 cm³/mol. The molecule has 1 aliphatic heterocycles. The lowest BCUT2D eigenvalue weighted by molar-refractivity contribution is 0.00445. The fraction of sp³-hybridized carbons (Fsp3) is 0.455. The summed E-state index contributed by atoms with van der Waals surface area (Å²) in [6, 6.07) is 5.35. The Morgan fingerprint density at radius 1 is 1.42 bits per heavy atom. The lowest BCUT2D eigenvalue weighted by Crippen LogP contribution is -2.48. The average Bonchev–Trinajstić information content (AvgIpc) is 2.39. The first-order valence-corrected chi connectivity index (χ1v) is 7.06. The second-order valence-electron chi connectivity index (χ2n) is 4.02. The second kappa shape index (κ2) is 6.62. The molecule has 1 heterocycles. The summed E-state index contributed by atoms with van der Waals surface area (Å²) < 4.78 is 44.6. The van der Waals surface area contributed by atoms with E-state index >= 15 is 0 Å². The Hall–Kier alpha value is -0.730. The Labute approximate surface area is 118 Å². The number of nitrogens with zero attached hydrogens (tertiary/aromatic N) is 1. The number of ether oxygens (including phenoxy) is 1. The van der Waals surface area contributed by atoms with Gasteiger partial charge in [-0.2, -0.15) is 4.31 Å². The Morgan fingerprint density at radius 2 is 2.11 bits per heavy atom. The van der Waals surface area contributed by atoms with Crippen LogP contribution < -0.4 is 5.73 Å². The van der Waals surface area contributed by atoms with Gasteiger partial charge in [0.2, 0.25) is 10.0 Å². The van der Waals surface area contributed by atoms with E-state index in [1.807, 2.05) is 0 Å². The first kappa shape index (κ1) is 16.3. The number of sulfonamides is 1. The van der Waals surface area contributed by atoms with Crippen molar-refractivity contribution in [2.75, 3.05) is 26.2 Å². The van der Waals surface area contributed by atoms with Gasteiger partial charge in [0.05, 0.1) is 12.7 Å². The minimum Gasteiger partial charge on any atom is -0.374 e. The van der Waals surface area contributed by atoms with Crippen molar-refractivity contribution < 1.29 is 17.5 Å². The fourth-order valence-electron chi connectivity index (χ4n) is 1.85. The SMILES string of the molecule is Cl.NCC1CN(S(=O)(=O)c2ccccc2F)CCO1. The second-order valence-corrected chi connectivity index (χ2v) is 5.93. The summed E-state index contributed by atoms with van der Waals surface area (Å²) in [5.74, 6) is -0.742. The highest BCUT2D eigenvalue weighted by atomic mass is 35.5. The lowest BCUT2D eigenvalue weighted by atomic mass is 10.3. The minimum absolute atomic E-state index is 0. The summed E-state index contributed by atoms with van der Waals surface area (Å²) in [7, 11) is -3.81. The van der Waals surface area contributed by atoms with Gasteiger partial charge in [-0.1, -0.05) is 12.1 Å². The number of rotatable bonds is 3. The zero-order chi connectivity index (χ0) is 13.2. The van der Waals surface area contributed by atoms with Crippen LogP contribution in [0, 0.1) is 5.82 Å². The quantitative estimate of drug-likeness (QED) is 0.887. The normalized spacial score (nSPS) is 20.8. The van der Waals surface area contributed by atoms with Crippen molar-refractivity contribution >= 4 is 22.4 Å². The smallest absolute Gasteiger partial charge is 0.246 e. The molecule has 19 heavy (non-hydrogen) atoms. The van der Waals surface area contributed by atoms with E-state index in [-0.39, 0.29) is 49.6 Å². The molecular weight excluding hydrogens is 295 g/mol. The van der Waals surface area contributed by atoms with E-state index in [0.717, 1.165) is 6.07 Å². The molecule has 0 saturated carbocycles. The van der Waals surface area contributed by atoms with Gasteiger partial charge in [0, 0.05) is 19.6 Å². The van der Waals surface area contributed by atoms with Crippen LogP contribution in [0.5, 0.6) is 0 Å². The highest BCUT2D eigenvalue weighted by Crippen LogP contribution is 2.20. The van der Waals surface area contributed by atoms with E-state index in [9.17, 15) is 12.8 Å². The molecule has 1 unspecified atom stereocenters. The zero-order valence-electron chi connectivity index (χ0n) is 10.2. The van der Waals surface area contributed by atoms with E-state index in [2.05, 4.69) is 0 Å². The predicted octanol–water partition coefficient (Wildman–Crippen LogP) is 0.596. The molecule has 1 saturated heterocycles. The lowest BCUT2D eigenvalue weighted by Gasteiger charge is -2.31. The summed E-state index contributed by atoms with van der Waals surface area (Å²) in [4.78, 5) is -0.303. The van der Waals surface area contributed by atoms with Gasteiger partial charge in [0.1, 0.15) is 10.7 Å². The highest BCUT2D eigenvalue weighted by Gasteiger charge is 2.31. The van der Waals surface area contributed by atoms with E-state index in [4.69, 9.17) is 10.5 Å². The molecule has 1 aromatic carbocycles. The van der Waals surface area contributed by atoms with E-state index in [1.54, 1.807) is 0 Å². The third kappa shape index (κ3) is 3.43. The van der Waals surface area contributed by atoms with Crippen LogP contribution in [-0.2, 0) is 14.8 Å². The number of hydrogen-bond donors (Lipinski definition) is 1. The topological polar surface area (TPSA) is 72.6 Å². The summed E-state index contributed by atoms with van der Waals surface area (Å²) in [6.45, 7) is 0.888. The molecule has 1 atom stereocenters. The van der Waals surface area contributed by atoms with Crippen LogP contribution >= 0.6 is 12.4 Å². The van der Waals surface area contributed by atoms with Gasteiger partial charge in [-0.05, 0) is 12.1 Å². The first-order valence-electron chi connectivity index (χ1n) is 5.62. The van der Waals surface area contributed by atoms with E-state index < -0.39 is 15.8 Å². The van der Waals surface area contributed by atoms with Crippen LogP contribution in [0.15, 0.2) is 29.2 Å². The molecule has 1 aromatic rings. The summed E-state index contributed by atoms with van der Waals surface area (Å²) >= 11 is 0. The van der Waals surface area contributed by atoms with Crippen LogP contribution in [0.3, 0.4) is 0 Å². The van der Waals surface area contributed by atoms with Crippen LogP contribution in [0.2, 0.25) is 0 Å². The number of hydrogen-bond acceptors (Lipinski definition) is 4. The highest BCUT2D eigenvalue weighted by molar-refractivity contribution is 7.89. The number of benzene rings is 1. The molecule has 0 aromatic heterocycles. The zero-order valence-corrected chi connectivity index (χ0v) is 11.8. The van der Waals surface area contributed by atoms with Crippen molar-refractivity contribution in [1.29, 1.82) is 0 Å². The van der Waals surface area contributed by atoms with Gasteiger partial charge in [-0.15, -0.1) is 12.4 Å². The molecular formula is C11H16ClFN2O3S. The van der Waals surface area contributed by atoms with Gasteiger partial charge in [0.15, 0.2) is 0 Å². The third-order valence-corrected chi connectivity index (χ3v) is 4.72. The largest absolute Gasteiger partial charge is 0.374 e. The molecule has 8 heteroatoms. The molecule has 0 spiro atoms. The maximum Gasteiger partial charge on any atom is 0.246 e. The molecule has 0 aliphatic carbocycles. The molecule has 0 radical (unpaired) electrons. The molecule has 0 amide bonds. The molecule has 2 rings (SSSR count). The Morgan fingerprint density at radius 3 is 2.74 bits per heavy atom. The summed E-state index contributed by atoms with van der Waals surface area (Å²) in [5.41, 5.74) is 5.46. The Bertz CT molecular complexity index is 526. The minimum atomic E-state index is -3.81. The maximum absolute atomic E-state index is 13.6. The van der Waals surface area contributed by atoms with Crippen molar-refractivity contribution in [3.05, 3.63) is 30.1 Å². The number of nitrogens with two attached hydrogens (primary N) is 1. The van der Waals surface area contributed by atoms with Crippen molar-refractivity contribution in [1.82, 2.24) is 4.31 Å². The van der Waals surface area contributed by atoms with E-state index in [1.165, 1.54) is 22.5 Å². The van der Waals surface area contributed by atoms with Crippen molar-refractivity contribution in [3.8, 4) is 0 Å². The van der Waals surface area contributed by atoms with Crippen LogP contribution in [0.25, 0.3) is 0 Å². The molecule has 108 valence electrons. The van der Waals surface area contributed by atoms with Crippen LogP contribution in [-0.4, -0.2) is 45.1 Å². The molecule has 0 bridgehead atoms. The van der Waals surface area contributed by atoms with Gasteiger partial charge >= 0.3 is 0 Å². The van der Waals surface area contributed by atoms with E-state index in [0.29, 0.717) is 0 Å². The molecule has 1 fully saturated rings. The van der Waals surface area contributed by atoms with Gasteiger partial charge in [0.25, 0.3) is 0 Å². The van der Waals surface area contributed by atoms with Crippen LogP contribution in [0.1, 0.15) is 0 Å². The van der Waals surface area contributed by atoms with Gasteiger partial charge in [-0.25, -0.2) is 12.8 Å². The van der Waals surface area contributed by atoms with Crippen molar-refractivity contribution in [2.45, 2.75) is 11.0 Å². The number of halogens is 2. The molecule has 1 aliphatic rings. The van der Waals surface area contributed by atoms with Crippen molar-refractivity contribution in [3.63, 3.8) is 0 Å². The van der Waals surface area contributed by atoms with Crippen LogP contribution in [0.4, 0.5) is 4.39 Å². The number of morpholine rings is 1. The van der Waals surface area contributed by atoms with Crippen molar-refractivity contribution in [2.24, 2.45) is 5.73 Å². The summed E-state index contributed by atoms with van der Waals surface area (Å²) in [6.07, 6.45) is -0.333. The van der Waals surface area contributed by atoms with Gasteiger partial charge in [-0.3, -0.25) is 0 Å². The maximum atomic E-state index is 13.6. The molecule has 2 N–H and O–H groups in total. The van der Waals surface area contributed by atoms with Gasteiger partial charge < -0.3 is 10.5 Å². The monoisotopic (exact) mass is 310 g/mol. The standard InChI is InChI=1S/C11H15FN2O3S.ClH/c12-10-3-1-2-4-11(10)18(15,16)14-5-6-17-9(7-13)8-14;/h1-4,9H,5-8,13H2;1H. The first-order chi connectivity index (χ1) is 8.55. The third-order valence-electron chi connectivity index (χ3n) is 2.82. The Balaban J connectivity index is 0.00000180. The summed E-state index contributed by atoms with van der Waals surface area (Å²) in [5, 5.41) is 0. The average molecular weight is 311 g/mol. The Kier molecular flexibility index (Phi) is 5.69. The fourth-order valence-corrected chi connectivity index (χ4v) is 3.37.